The van der Waals surface area contributed by atoms with E-state index >= 15 is 0 Å². The Balaban J connectivity index is 1.65. The molecular weight excluding hydrogens is 457 g/mol. The third-order valence-corrected chi connectivity index (χ3v) is 5.09. The number of carbonyl (C=O) groups excluding carboxylic acids is 1. The molecule has 0 aliphatic heterocycles. The lowest BCUT2D eigenvalue weighted by Crippen LogP contribution is -2.17. The number of rotatable bonds is 5. The largest absolute Gasteiger partial charge is 0.433 e. The quantitative estimate of drug-likeness (QED) is 0.411. The Kier molecular flexibility index (Phi) is 6.10. The van der Waals surface area contributed by atoms with Crippen molar-refractivity contribution >= 4 is 23.3 Å². The molecule has 0 spiro atoms. The highest BCUT2D eigenvalue weighted by atomic mass is 35.5. The van der Waals surface area contributed by atoms with Gasteiger partial charge in [-0.25, -0.2) is 4.68 Å². The van der Waals surface area contributed by atoms with Crippen LogP contribution in [0.3, 0.4) is 0 Å². The van der Waals surface area contributed by atoms with Crippen LogP contribution in [0.1, 0.15) is 27.2 Å². The van der Waals surface area contributed by atoms with E-state index in [1.54, 1.807) is 36.4 Å². The number of alkyl halides is 4. The van der Waals surface area contributed by atoms with Crippen LogP contribution in [-0.4, -0.2) is 30.9 Å². The van der Waals surface area contributed by atoms with E-state index in [4.69, 9.17) is 11.6 Å². The van der Waals surface area contributed by atoms with Crippen LogP contribution in [0.4, 0.5) is 19.0 Å². The summed E-state index contributed by atoms with van der Waals surface area (Å²) in [4.78, 5) is 16.4. The van der Waals surface area contributed by atoms with Gasteiger partial charge in [-0.2, -0.15) is 18.3 Å². The first-order valence-corrected chi connectivity index (χ1v) is 10.2. The third kappa shape index (κ3) is 4.70. The normalized spacial score (nSPS) is 11.4. The maximum atomic E-state index is 13.8. The number of anilines is 1. The molecule has 4 rings (SSSR count). The topological polar surface area (TPSA) is 85.6 Å². The molecular formula is C22H16ClF3N6O. The van der Waals surface area contributed by atoms with Gasteiger partial charge in [0.1, 0.15) is 0 Å². The Morgan fingerprint density at radius 1 is 1.12 bits per heavy atom. The zero-order valence-electron chi connectivity index (χ0n) is 17.1. The highest BCUT2D eigenvalue weighted by molar-refractivity contribution is 6.17. The Morgan fingerprint density at radius 3 is 2.58 bits per heavy atom. The molecule has 0 fully saturated rings. The number of halogens is 4. The summed E-state index contributed by atoms with van der Waals surface area (Å²) in [6.45, 7) is 1.34. The number of nitrogens with zero attached hydrogens (tertiary/aromatic N) is 5. The maximum Gasteiger partial charge on any atom is 0.433 e. The Labute approximate surface area is 191 Å². The van der Waals surface area contributed by atoms with E-state index in [0.29, 0.717) is 15.8 Å². The Morgan fingerprint density at radius 2 is 1.94 bits per heavy atom. The minimum Gasteiger partial charge on any atom is -0.305 e. The predicted molar refractivity (Wildman–Crippen MR) is 116 cm³/mol. The fourth-order valence-electron chi connectivity index (χ4n) is 3.26. The minimum absolute atomic E-state index is 0.0612. The Hall–Kier alpha value is -3.79. The SMILES string of the molecule is Cc1c(-c2cccnc2)nn(-c2ccc(NC(=O)c3cccc(CCl)c3)nn2)c1C(F)(F)F. The van der Waals surface area contributed by atoms with Crippen LogP contribution in [-0.2, 0) is 12.1 Å². The molecule has 0 bridgehead atoms. The lowest BCUT2D eigenvalue weighted by Gasteiger charge is -2.11. The smallest absolute Gasteiger partial charge is 0.305 e. The average Bonchev–Trinajstić information content (AvgIpc) is 3.17. The summed E-state index contributed by atoms with van der Waals surface area (Å²) in [5, 5.41) is 14.4. The molecule has 1 amide bonds. The molecule has 33 heavy (non-hydrogen) atoms. The summed E-state index contributed by atoms with van der Waals surface area (Å²) >= 11 is 5.79. The lowest BCUT2D eigenvalue weighted by atomic mass is 10.1. The lowest BCUT2D eigenvalue weighted by molar-refractivity contribution is -0.143. The molecule has 7 nitrogen and oxygen atoms in total. The molecule has 3 aromatic heterocycles. The number of aromatic nitrogens is 5. The van der Waals surface area contributed by atoms with Crippen LogP contribution >= 0.6 is 11.6 Å². The molecule has 1 N–H and O–H groups in total. The molecule has 168 valence electrons. The first-order valence-electron chi connectivity index (χ1n) is 9.65. The van der Waals surface area contributed by atoms with Crippen molar-refractivity contribution < 1.29 is 18.0 Å². The van der Waals surface area contributed by atoms with Gasteiger partial charge in [0, 0.05) is 35.0 Å². The minimum atomic E-state index is -4.68. The molecule has 0 saturated carbocycles. The summed E-state index contributed by atoms with van der Waals surface area (Å²) in [6.07, 6.45) is -1.73. The van der Waals surface area contributed by atoms with Crippen LogP contribution in [0.2, 0.25) is 0 Å². The van der Waals surface area contributed by atoms with E-state index in [-0.39, 0.29) is 28.8 Å². The molecule has 11 heteroatoms. The van der Waals surface area contributed by atoms with Gasteiger partial charge in [-0.05, 0) is 48.9 Å². The van der Waals surface area contributed by atoms with E-state index in [0.717, 1.165) is 5.56 Å². The first kappa shape index (κ1) is 22.4. The standard InChI is InChI=1S/C22H16ClF3N6O/c1-13-19(16-6-3-9-27-12-16)31-32(20(13)22(24,25)26)18-8-7-17(29-30-18)28-21(33)15-5-2-4-14(10-15)11-23/h2-10,12H,11H2,1H3,(H,28,29,33). The van der Waals surface area contributed by atoms with Crippen molar-refractivity contribution in [3.05, 3.63) is 83.3 Å². The van der Waals surface area contributed by atoms with Crippen molar-refractivity contribution in [3.8, 4) is 17.1 Å². The van der Waals surface area contributed by atoms with Gasteiger partial charge in [0.15, 0.2) is 17.3 Å². The van der Waals surface area contributed by atoms with Gasteiger partial charge in [0.05, 0.1) is 5.69 Å². The summed E-state index contributed by atoms with van der Waals surface area (Å²) in [6, 6.07) is 12.6. The molecule has 3 heterocycles. The van der Waals surface area contributed by atoms with E-state index in [1.807, 2.05) is 0 Å². The van der Waals surface area contributed by atoms with E-state index < -0.39 is 17.8 Å². The van der Waals surface area contributed by atoms with Gasteiger partial charge in [-0.3, -0.25) is 9.78 Å². The van der Waals surface area contributed by atoms with Crippen LogP contribution in [0.15, 0.2) is 60.9 Å². The monoisotopic (exact) mass is 472 g/mol. The fourth-order valence-corrected chi connectivity index (χ4v) is 3.43. The maximum absolute atomic E-state index is 13.8. The van der Waals surface area contributed by atoms with Gasteiger partial charge in [0.2, 0.25) is 0 Å². The zero-order chi connectivity index (χ0) is 23.6. The van der Waals surface area contributed by atoms with Gasteiger partial charge in [-0.1, -0.05) is 12.1 Å². The second-order valence-electron chi connectivity index (χ2n) is 7.04. The first-order chi connectivity index (χ1) is 15.8. The van der Waals surface area contributed by atoms with Gasteiger partial charge in [0.25, 0.3) is 5.91 Å². The van der Waals surface area contributed by atoms with E-state index in [2.05, 4.69) is 25.6 Å². The number of hydrogen-bond donors (Lipinski definition) is 1. The summed E-state index contributed by atoms with van der Waals surface area (Å²) < 4.78 is 42.2. The molecule has 1 aromatic carbocycles. The van der Waals surface area contributed by atoms with Gasteiger partial charge >= 0.3 is 6.18 Å². The third-order valence-electron chi connectivity index (χ3n) is 4.78. The van der Waals surface area contributed by atoms with Crippen LogP contribution in [0.5, 0.6) is 0 Å². The van der Waals surface area contributed by atoms with Gasteiger partial charge < -0.3 is 5.32 Å². The second kappa shape index (κ2) is 8.99. The number of carbonyl (C=O) groups is 1. The molecule has 0 aliphatic carbocycles. The second-order valence-corrected chi connectivity index (χ2v) is 7.31. The molecule has 0 radical (unpaired) electrons. The number of pyridine rings is 1. The van der Waals surface area contributed by atoms with Crippen molar-refractivity contribution in [1.29, 1.82) is 0 Å². The van der Waals surface area contributed by atoms with Crippen molar-refractivity contribution in [2.24, 2.45) is 0 Å². The van der Waals surface area contributed by atoms with E-state index in [9.17, 15) is 18.0 Å². The molecule has 0 atom stereocenters. The highest BCUT2D eigenvalue weighted by Crippen LogP contribution is 2.37. The number of amides is 1. The fraction of sp³-hybridized carbons (Fsp3) is 0.136. The van der Waals surface area contributed by atoms with Crippen molar-refractivity contribution in [2.75, 3.05) is 5.32 Å². The van der Waals surface area contributed by atoms with Crippen molar-refractivity contribution in [1.82, 2.24) is 25.0 Å². The Bertz CT molecular complexity index is 1290. The van der Waals surface area contributed by atoms with Crippen molar-refractivity contribution in [3.63, 3.8) is 0 Å². The highest BCUT2D eigenvalue weighted by Gasteiger charge is 2.39. The van der Waals surface area contributed by atoms with Gasteiger partial charge in [-0.15, -0.1) is 21.8 Å². The van der Waals surface area contributed by atoms with Crippen LogP contribution in [0, 0.1) is 6.92 Å². The molecule has 4 aromatic rings. The summed E-state index contributed by atoms with van der Waals surface area (Å²) in [5.74, 6) is -0.275. The van der Waals surface area contributed by atoms with E-state index in [1.165, 1.54) is 31.5 Å². The summed E-state index contributed by atoms with van der Waals surface area (Å²) in [7, 11) is 0. The zero-order valence-corrected chi connectivity index (χ0v) is 17.9. The van der Waals surface area contributed by atoms with Crippen LogP contribution in [0.25, 0.3) is 17.1 Å². The predicted octanol–water partition coefficient (Wildman–Crippen LogP) is 5.04. The molecule has 0 aliphatic rings. The number of hydrogen-bond acceptors (Lipinski definition) is 5. The number of benzene rings is 1. The number of nitrogens with one attached hydrogen (secondary N) is 1. The molecule has 0 unspecified atom stereocenters. The average molecular weight is 473 g/mol. The molecule has 0 saturated heterocycles. The van der Waals surface area contributed by atoms with Crippen LogP contribution < -0.4 is 5.32 Å². The van der Waals surface area contributed by atoms with Crippen molar-refractivity contribution in [2.45, 2.75) is 19.0 Å². The summed E-state index contributed by atoms with van der Waals surface area (Å²) in [5.41, 5.74) is 0.675.